The van der Waals surface area contributed by atoms with Gasteiger partial charge in [-0.15, -0.1) is 0 Å². The van der Waals surface area contributed by atoms with E-state index in [1.807, 2.05) is 11.6 Å². The number of sulfonamides is 1. The Morgan fingerprint density at radius 3 is 2.43 bits per heavy atom. The van der Waals surface area contributed by atoms with Crippen LogP contribution < -0.4 is 14.8 Å². The molecule has 1 rings (SSSR count). The molecule has 0 atom stereocenters. The van der Waals surface area contributed by atoms with E-state index < -0.39 is 15.9 Å². The molecule has 0 aliphatic heterocycles. The maximum absolute atomic E-state index is 12.4. The maximum atomic E-state index is 12.4. The van der Waals surface area contributed by atoms with E-state index in [1.165, 1.54) is 39.2 Å². The molecule has 2 amide bonds. The fraction of sp³-hybridized carbons (Fsp3) is 0.333. The van der Waals surface area contributed by atoms with Crippen LogP contribution in [-0.4, -0.2) is 27.3 Å². The first-order chi connectivity index (χ1) is 10.7. The SMILES string of the molecule is CC/C=C(\C)C(=O)NS(=O)(=O)c1cc(NC(C)=O)ccc1OC. The molecule has 126 valence electrons. The summed E-state index contributed by atoms with van der Waals surface area (Å²) in [6.07, 6.45) is 2.23. The zero-order valence-corrected chi connectivity index (χ0v) is 14.3. The summed E-state index contributed by atoms with van der Waals surface area (Å²) in [4.78, 5) is 22.8. The van der Waals surface area contributed by atoms with Gasteiger partial charge in [-0.1, -0.05) is 13.0 Å². The summed E-state index contributed by atoms with van der Waals surface area (Å²) in [5, 5.41) is 2.48. The van der Waals surface area contributed by atoms with E-state index in [1.54, 1.807) is 6.08 Å². The van der Waals surface area contributed by atoms with E-state index in [9.17, 15) is 18.0 Å². The van der Waals surface area contributed by atoms with Crippen LogP contribution in [0.1, 0.15) is 27.2 Å². The average Bonchev–Trinajstić information content (AvgIpc) is 2.46. The van der Waals surface area contributed by atoms with Crippen molar-refractivity contribution in [2.24, 2.45) is 0 Å². The molecular weight excluding hydrogens is 320 g/mol. The molecule has 0 spiro atoms. The van der Waals surface area contributed by atoms with E-state index in [-0.39, 0.29) is 22.2 Å². The Balaban J connectivity index is 3.22. The molecule has 0 aliphatic carbocycles. The molecule has 0 unspecified atom stereocenters. The van der Waals surface area contributed by atoms with Crippen molar-refractivity contribution >= 4 is 27.5 Å². The summed E-state index contributed by atoms with van der Waals surface area (Å²) in [6.45, 7) is 4.67. The number of hydrogen-bond donors (Lipinski definition) is 2. The monoisotopic (exact) mass is 340 g/mol. The molecule has 0 bridgehead atoms. The molecular formula is C15H20N2O5S. The van der Waals surface area contributed by atoms with Gasteiger partial charge in [-0.05, 0) is 31.5 Å². The van der Waals surface area contributed by atoms with Crippen LogP contribution in [0.15, 0.2) is 34.7 Å². The zero-order chi connectivity index (χ0) is 17.6. The topological polar surface area (TPSA) is 102 Å². The van der Waals surface area contributed by atoms with Crippen molar-refractivity contribution in [1.82, 2.24) is 4.72 Å². The zero-order valence-electron chi connectivity index (χ0n) is 13.5. The Labute approximate surface area is 135 Å². The lowest BCUT2D eigenvalue weighted by Crippen LogP contribution is -2.31. The summed E-state index contributed by atoms with van der Waals surface area (Å²) in [5.41, 5.74) is 0.583. The number of benzene rings is 1. The third-order valence-electron chi connectivity index (χ3n) is 2.87. The number of hydrogen-bond acceptors (Lipinski definition) is 5. The first kappa shape index (κ1) is 18.7. The molecule has 0 saturated carbocycles. The van der Waals surface area contributed by atoms with Crippen LogP contribution in [0.25, 0.3) is 0 Å². The van der Waals surface area contributed by atoms with Gasteiger partial charge in [0.05, 0.1) is 7.11 Å². The van der Waals surface area contributed by atoms with Crippen LogP contribution >= 0.6 is 0 Å². The Morgan fingerprint density at radius 2 is 1.91 bits per heavy atom. The van der Waals surface area contributed by atoms with Crippen LogP contribution in [0.4, 0.5) is 5.69 Å². The Bertz CT molecular complexity index is 738. The fourth-order valence-electron chi connectivity index (χ4n) is 1.82. The summed E-state index contributed by atoms with van der Waals surface area (Å²) in [5.74, 6) is -0.986. The van der Waals surface area contributed by atoms with E-state index in [4.69, 9.17) is 4.74 Å². The number of rotatable bonds is 6. The lowest BCUT2D eigenvalue weighted by molar-refractivity contribution is -0.116. The molecule has 1 aromatic carbocycles. The molecule has 0 aliphatic rings. The second-order valence-electron chi connectivity index (χ2n) is 4.78. The minimum Gasteiger partial charge on any atom is -0.495 e. The van der Waals surface area contributed by atoms with Gasteiger partial charge in [0, 0.05) is 18.2 Å². The van der Waals surface area contributed by atoms with Gasteiger partial charge in [0.1, 0.15) is 10.6 Å². The van der Waals surface area contributed by atoms with Crippen molar-refractivity contribution in [3.05, 3.63) is 29.8 Å². The van der Waals surface area contributed by atoms with Crippen LogP contribution in [0.2, 0.25) is 0 Å². The Kier molecular flexibility index (Phi) is 6.32. The number of amides is 2. The third-order valence-corrected chi connectivity index (χ3v) is 4.22. The molecule has 0 heterocycles. The van der Waals surface area contributed by atoms with Gasteiger partial charge in [-0.2, -0.15) is 0 Å². The Hall–Kier alpha value is -2.35. The van der Waals surface area contributed by atoms with E-state index in [0.717, 1.165) is 0 Å². The minimum absolute atomic E-state index is 0.0662. The van der Waals surface area contributed by atoms with Crippen LogP contribution in [-0.2, 0) is 19.6 Å². The highest BCUT2D eigenvalue weighted by Crippen LogP contribution is 2.27. The smallest absolute Gasteiger partial charge is 0.268 e. The third kappa shape index (κ3) is 5.10. The van der Waals surface area contributed by atoms with E-state index >= 15 is 0 Å². The molecule has 0 aromatic heterocycles. The molecule has 2 N–H and O–H groups in total. The first-order valence-electron chi connectivity index (χ1n) is 6.90. The van der Waals surface area contributed by atoms with E-state index in [2.05, 4.69) is 5.32 Å². The second kappa shape index (κ2) is 7.77. The van der Waals surface area contributed by atoms with Crippen LogP contribution in [0.5, 0.6) is 5.75 Å². The lowest BCUT2D eigenvalue weighted by Gasteiger charge is -2.12. The van der Waals surface area contributed by atoms with Gasteiger partial charge in [0.15, 0.2) is 0 Å². The van der Waals surface area contributed by atoms with Crippen molar-refractivity contribution in [3.8, 4) is 5.75 Å². The molecule has 23 heavy (non-hydrogen) atoms. The Morgan fingerprint density at radius 1 is 1.26 bits per heavy atom. The predicted molar refractivity (Wildman–Crippen MR) is 86.7 cm³/mol. The predicted octanol–water partition coefficient (Wildman–Crippen LogP) is 1.81. The van der Waals surface area contributed by atoms with E-state index in [0.29, 0.717) is 12.0 Å². The minimum atomic E-state index is -4.14. The highest BCUT2D eigenvalue weighted by Gasteiger charge is 2.23. The van der Waals surface area contributed by atoms with Crippen LogP contribution in [0.3, 0.4) is 0 Å². The van der Waals surface area contributed by atoms with Crippen molar-refractivity contribution in [1.29, 1.82) is 0 Å². The van der Waals surface area contributed by atoms with Gasteiger partial charge < -0.3 is 10.1 Å². The molecule has 1 aromatic rings. The van der Waals surface area contributed by atoms with Gasteiger partial charge >= 0.3 is 0 Å². The highest BCUT2D eigenvalue weighted by atomic mass is 32.2. The summed E-state index contributed by atoms with van der Waals surface area (Å²) < 4.78 is 31.8. The van der Waals surface area contributed by atoms with Crippen molar-refractivity contribution in [2.75, 3.05) is 12.4 Å². The molecule has 0 saturated heterocycles. The lowest BCUT2D eigenvalue weighted by atomic mass is 10.2. The van der Waals surface area contributed by atoms with Crippen molar-refractivity contribution in [3.63, 3.8) is 0 Å². The standard InChI is InChI=1S/C15H20N2O5S/c1-5-6-10(2)15(19)17-23(20,21)14-9-12(16-11(3)18)7-8-13(14)22-4/h6-9H,5H2,1-4H3,(H,16,18)(H,17,19)/b10-6+. The number of carbonyl (C=O) groups is 2. The molecule has 7 nitrogen and oxygen atoms in total. The number of carbonyl (C=O) groups excluding carboxylic acids is 2. The summed E-state index contributed by atoms with van der Waals surface area (Å²) in [7, 11) is -2.82. The number of methoxy groups -OCH3 is 1. The summed E-state index contributed by atoms with van der Waals surface area (Å²) in [6, 6.07) is 4.14. The first-order valence-corrected chi connectivity index (χ1v) is 8.39. The number of anilines is 1. The largest absolute Gasteiger partial charge is 0.495 e. The van der Waals surface area contributed by atoms with Gasteiger partial charge in [0.25, 0.3) is 15.9 Å². The molecule has 0 radical (unpaired) electrons. The highest BCUT2D eigenvalue weighted by molar-refractivity contribution is 7.90. The van der Waals surface area contributed by atoms with Crippen LogP contribution in [0, 0.1) is 0 Å². The average molecular weight is 340 g/mol. The molecule has 8 heteroatoms. The van der Waals surface area contributed by atoms with Gasteiger partial charge in [0.2, 0.25) is 5.91 Å². The number of allylic oxidation sites excluding steroid dienone is 1. The number of nitrogens with one attached hydrogen (secondary N) is 2. The second-order valence-corrected chi connectivity index (χ2v) is 6.43. The van der Waals surface area contributed by atoms with Gasteiger partial charge in [-0.25, -0.2) is 13.1 Å². The maximum Gasteiger partial charge on any atom is 0.268 e. The van der Waals surface area contributed by atoms with Crippen molar-refractivity contribution < 1.29 is 22.7 Å². The van der Waals surface area contributed by atoms with Gasteiger partial charge in [-0.3, -0.25) is 9.59 Å². The summed E-state index contributed by atoms with van der Waals surface area (Å²) >= 11 is 0. The normalized spacial score (nSPS) is 11.7. The van der Waals surface area contributed by atoms with Crippen molar-refractivity contribution in [2.45, 2.75) is 32.1 Å². The fourth-order valence-corrected chi connectivity index (χ4v) is 3.04. The quantitative estimate of drug-likeness (QED) is 0.769. The number of ether oxygens (including phenoxy) is 1. The molecule has 0 fully saturated rings.